The molecule has 1 aromatic carbocycles. The number of rotatable bonds is 3. The summed E-state index contributed by atoms with van der Waals surface area (Å²) in [5.41, 5.74) is 6.66. The quantitative estimate of drug-likeness (QED) is 0.907. The van der Waals surface area contributed by atoms with Gasteiger partial charge in [-0.2, -0.15) is 4.31 Å². The van der Waals surface area contributed by atoms with Gasteiger partial charge in [-0.15, -0.1) is 0 Å². The summed E-state index contributed by atoms with van der Waals surface area (Å²) in [6.07, 6.45) is 2.61. The highest BCUT2D eigenvalue weighted by molar-refractivity contribution is 7.89. The highest BCUT2D eigenvalue weighted by Gasteiger charge is 2.35. The Morgan fingerprint density at radius 3 is 3.00 bits per heavy atom. The first-order valence-corrected chi connectivity index (χ1v) is 8.48. The average Bonchev–Trinajstić information content (AvgIpc) is 3.02. The minimum atomic E-state index is -3.44. The molecule has 1 fully saturated rings. The van der Waals surface area contributed by atoms with Gasteiger partial charge in [0, 0.05) is 25.6 Å². The van der Waals surface area contributed by atoms with E-state index in [0.29, 0.717) is 18.0 Å². The molecule has 0 saturated carbocycles. The maximum atomic E-state index is 12.7. The summed E-state index contributed by atoms with van der Waals surface area (Å²) in [6, 6.07) is 5.08. The van der Waals surface area contributed by atoms with E-state index in [-0.39, 0.29) is 12.1 Å². The van der Waals surface area contributed by atoms with Crippen LogP contribution in [0.25, 0.3) is 0 Å². The highest BCUT2D eigenvalue weighted by Crippen LogP contribution is 2.33. The Morgan fingerprint density at radius 2 is 2.25 bits per heavy atom. The van der Waals surface area contributed by atoms with Gasteiger partial charge in [-0.3, -0.25) is 0 Å². The van der Waals surface area contributed by atoms with Crippen molar-refractivity contribution in [1.82, 2.24) is 4.31 Å². The van der Waals surface area contributed by atoms with E-state index < -0.39 is 10.0 Å². The Labute approximate surface area is 119 Å². The molecular weight excluding hydrogens is 276 g/mol. The van der Waals surface area contributed by atoms with Crippen molar-refractivity contribution in [2.24, 2.45) is 5.73 Å². The van der Waals surface area contributed by atoms with Crippen LogP contribution in [0.15, 0.2) is 23.1 Å². The molecule has 2 aliphatic rings. The fourth-order valence-corrected chi connectivity index (χ4v) is 4.81. The number of sulfonamides is 1. The summed E-state index contributed by atoms with van der Waals surface area (Å²) >= 11 is 0. The molecule has 2 aliphatic heterocycles. The molecule has 0 radical (unpaired) electrons. The predicted octanol–water partition coefficient (Wildman–Crippen LogP) is 1.12. The molecule has 5 nitrogen and oxygen atoms in total. The Hall–Kier alpha value is -1.11. The second-order valence-electron chi connectivity index (χ2n) is 5.55. The van der Waals surface area contributed by atoms with Crippen molar-refractivity contribution in [3.05, 3.63) is 23.8 Å². The van der Waals surface area contributed by atoms with Crippen molar-refractivity contribution in [1.29, 1.82) is 0 Å². The lowest BCUT2D eigenvalue weighted by molar-refractivity contribution is 0.254. The van der Waals surface area contributed by atoms with Crippen molar-refractivity contribution >= 4 is 10.0 Å². The maximum Gasteiger partial charge on any atom is 0.243 e. The van der Waals surface area contributed by atoms with E-state index in [0.717, 1.165) is 30.6 Å². The first-order valence-electron chi connectivity index (χ1n) is 7.04. The summed E-state index contributed by atoms with van der Waals surface area (Å²) in [7, 11) is -3.44. The molecular formula is C14H20N2O3S. The SMILES string of the molecule is CC1Cc2cc(S(=O)(=O)N3CCCC3CN)ccc2O1. The van der Waals surface area contributed by atoms with Crippen LogP contribution in [0.2, 0.25) is 0 Å². The molecule has 0 spiro atoms. The third-order valence-corrected chi connectivity index (χ3v) is 6.02. The van der Waals surface area contributed by atoms with Crippen LogP contribution >= 0.6 is 0 Å². The van der Waals surface area contributed by atoms with Crippen LogP contribution in [0.1, 0.15) is 25.3 Å². The molecule has 0 bridgehead atoms. The number of hydrogen-bond acceptors (Lipinski definition) is 4. The van der Waals surface area contributed by atoms with Crippen LogP contribution in [0.5, 0.6) is 5.75 Å². The van der Waals surface area contributed by atoms with Gasteiger partial charge in [-0.1, -0.05) is 0 Å². The standard InChI is InChI=1S/C14H20N2O3S/c1-10-7-11-8-13(4-5-14(11)19-10)20(17,18)16-6-2-3-12(16)9-15/h4-5,8,10,12H,2-3,6-7,9,15H2,1H3. The van der Waals surface area contributed by atoms with Crippen LogP contribution in [-0.4, -0.2) is 38.0 Å². The van der Waals surface area contributed by atoms with Crippen LogP contribution in [-0.2, 0) is 16.4 Å². The number of fused-ring (bicyclic) bond motifs is 1. The average molecular weight is 296 g/mol. The van der Waals surface area contributed by atoms with Crippen molar-refractivity contribution in [2.75, 3.05) is 13.1 Å². The van der Waals surface area contributed by atoms with Crippen molar-refractivity contribution in [3.63, 3.8) is 0 Å². The molecule has 1 saturated heterocycles. The van der Waals surface area contributed by atoms with Gasteiger partial charge in [0.1, 0.15) is 11.9 Å². The van der Waals surface area contributed by atoms with Gasteiger partial charge in [-0.05, 0) is 43.5 Å². The summed E-state index contributed by atoms with van der Waals surface area (Å²) in [5.74, 6) is 0.799. The Balaban J connectivity index is 1.94. The van der Waals surface area contributed by atoms with Gasteiger partial charge in [0.25, 0.3) is 0 Å². The minimum Gasteiger partial charge on any atom is -0.490 e. The molecule has 2 atom stereocenters. The fraction of sp³-hybridized carbons (Fsp3) is 0.571. The van der Waals surface area contributed by atoms with Gasteiger partial charge in [0.2, 0.25) is 10.0 Å². The molecule has 2 N–H and O–H groups in total. The van der Waals surface area contributed by atoms with E-state index >= 15 is 0 Å². The molecule has 6 heteroatoms. The molecule has 0 aliphatic carbocycles. The number of ether oxygens (including phenoxy) is 1. The largest absolute Gasteiger partial charge is 0.490 e. The van der Waals surface area contributed by atoms with E-state index in [1.807, 2.05) is 6.92 Å². The molecule has 1 aromatic rings. The minimum absolute atomic E-state index is 0.0663. The molecule has 110 valence electrons. The Kier molecular flexibility index (Phi) is 3.48. The number of nitrogens with two attached hydrogens (primary N) is 1. The van der Waals surface area contributed by atoms with Crippen molar-refractivity contribution in [3.8, 4) is 5.75 Å². The monoisotopic (exact) mass is 296 g/mol. The van der Waals surface area contributed by atoms with Crippen LogP contribution < -0.4 is 10.5 Å². The molecule has 20 heavy (non-hydrogen) atoms. The summed E-state index contributed by atoms with van der Waals surface area (Å²) in [6.45, 7) is 2.93. The van der Waals surface area contributed by atoms with Crippen LogP contribution in [0.4, 0.5) is 0 Å². The van der Waals surface area contributed by atoms with Gasteiger partial charge >= 0.3 is 0 Å². The lowest BCUT2D eigenvalue weighted by Crippen LogP contribution is -2.39. The Bertz CT molecular complexity index is 615. The van der Waals surface area contributed by atoms with E-state index in [1.165, 1.54) is 0 Å². The topological polar surface area (TPSA) is 72.6 Å². The lowest BCUT2D eigenvalue weighted by Gasteiger charge is -2.23. The first kappa shape index (κ1) is 13.9. The van der Waals surface area contributed by atoms with E-state index in [1.54, 1.807) is 22.5 Å². The molecule has 0 amide bonds. The number of hydrogen-bond donors (Lipinski definition) is 1. The van der Waals surface area contributed by atoms with Crippen molar-refractivity contribution in [2.45, 2.75) is 43.2 Å². The zero-order valence-corrected chi connectivity index (χ0v) is 12.4. The summed E-state index contributed by atoms with van der Waals surface area (Å²) in [5, 5.41) is 0. The maximum absolute atomic E-state index is 12.7. The van der Waals surface area contributed by atoms with E-state index in [2.05, 4.69) is 0 Å². The zero-order chi connectivity index (χ0) is 14.3. The van der Waals surface area contributed by atoms with Gasteiger partial charge in [0.05, 0.1) is 4.90 Å². The van der Waals surface area contributed by atoms with E-state index in [4.69, 9.17) is 10.5 Å². The third-order valence-electron chi connectivity index (χ3n) is 4.07. The van der Waals surface area contributed by atoms with Crippen molar-refractivity contribution < 1.29 is 13.2 Å². The molecule has 0 aromatic heterocycles. The Morgan fingerprint density at radius 1 is 1.45 bits per heavy atom. The first-order chi connectivity index (χ1) is 9.52. The molecule has 2 unspecified atom stereocenters. The fourth-order valence-electron chi connectivity index (χ4n) is 3.06. The predicted molar refractivity (Wildman–Crippen MR) is 76.2 cm³/mol. The molecule has 3 rings (SSSR count). The zero-order valence-electron chi connectivity index (χ0n) is 11.6. The second kappa shape index (κ2) is 5.02. The summed E-state index contributed by atoms with van der Waals surface area (Å²) in [4.78, 5) is 0.356. The van der Waals surface area contributed by atoms with E-state index in [9.17, 15) is 8.42 Å². The second-order valence-corrected chi connectivity index (χ2v) is 7.44. The number of nitrogens with zero attached hydrogens (tertiary/aromatic N) is 1. The van der Waals surface area contributed by atoms with Gasteiger partial charge < -0.3 is 10.5 Å². The lowest BCUT2D eigenvalue weighted by atomic mass is 10.1. The normalized spacial score (nSPS) is 26.5. The smallest absolute Gasteiger partial charge is 0.243 e. The number of benzene rings is 1. The third kappa shape index (κ3) is 2.21. The molecule has 2 heterocycles. The summed E-state index contributed by atoms with van der Waals surface area (Å²) < 4.78 is 32.6. The van der Waals surface area contributed by atoms with Crippen LogP contribution in [0, 0.1) is 0 Å². The van der Waals surface area contributed by atoms with Gasteiger partial charge in [0.15, 0.2) is 0 Å². The van der Waals surface area contributed by atoms with Gasteiger partial charge in [-0.25, -0.2) is 8.42 Å². The highest BCUT2D eigenvalue weighted by atomic mass is 32.2. The van der Waals surface area contributed by atoms with Crippen LogP contribution in [0.3, 0.4) is 0 Å².